The first-order chi connectivity index (χ1) is 13.1. The topological polar surface area (TPSA) is 64.8 Å². The van der Waals surface area contributed by atoms with Gasteiger partial charge in [-0.05, 0) is 44.7 Å². The van der Waals surface area contributed by atoms with Gasteiger partial charge in [-0.2, -0.15) is 5.10 Å². The number of carbonyl (C=O) groups excluding carboxylic acids is 1. The number of hydrogen-bond donors (Lipinski definition) is 1. The summed E-state index contributed by atoms with van der Waals surface area (Å²) < 4.78 is 1.85. The van der Waals surface area contributed by atoms with Gasteiger partial charge in [0, 0.05) is 71.1 Å². The van der Waals surface area contributed by atoms with Crippen molar-refractivity contribution in [3.8, 4) is 0 Å². The number of amides is 1. The average Bonchev–Trinajstić information content (AvgIpc) is 3.10. The predicted octanol–water partition coefficient (Wildman–Crippen LogP) is 0.819. The molecule has 0 unspecified atom stereocenters. The quantitative estimate of drug-likeness (QED) is 0.762. The second-order valence-electron chi connectivity index (χ2n) is 8.19. The molecule has 7 heteroatoms. The summed E-state index contributed by atoms with van der Waals surface area (Å²) >= 11 is 0. The van der Waals surface area contributed by atoms with Gasteiger partial charge in [0.2, 0.25) is 5.91 Å². The minimum atomic E-state index is 0.231. The minimum Gasteiger partial charge on any atom is -0.396 e. The monoisotopic (exact) mass is 377 g/mol. The summed E-state index contributed by atoms with van der Waals surface area (Å²) in [6, 6.07) is 0.545. The molecule has 0 radical (unpaired) electrons. The number of carbonyl (C=O) groups is 1. The molecule has 0 spiro atoms. The Labute approximate surface area is 162 Å². The van der Waals surface area contributed by atoms with E-state index in [2.05, 4.69) is 21.9 Å². The van der Waals surface area contributed by atoms with Gasteiger partial charge in [-0.3, -0.25) is 14.4 Å². The first-order valence-corrected chi connectivity index (χ1v) is 10.4. The maximum absolute atomic E-state index is 12.7. The van der Waals surface area contributed by atoms with Gasteiger partial charge in [0.1, 0.15) is 0 Å². The van der Waals surface area contributed by atoms with Crippen molar-refractivity contribution in [2.24, 2.45) is 5.92 Å². The van der Waals surface area contributed by atoms with Crippen LogP contribution in [0, 0.1) is 12.8 Å². The molecule has 2 fully saturated rings. The van der Waals surface area contributed by atoms with Crippen molar-refractivity contribution >= 4 is 5.91 Å². The molecule has 1 N–H and O–H groups in total. The minimum absolute atomic E-state index is 0.231. The summed E-state index contributed by atoms with van der Waals surface area (Å²) in [6.45, 7) is 9.04. The smallest absolute Gasteiger partial charge is 0.224 e. The Morgan fingerprint density at radius 2 is 2.04 bits per heavy atom. The molecule has 0 saturated carbocycles. The van der Waals surface area contributed by atoms with E-state index in [1.807, 2.05) is 28.9 Å². The van der Waals surface area contributed by atoms with E-state index in [0.29, 0.717) is 24.9 Å². The summed E-state index contributed by atoms with van der Waals surface area (Å²) in [5, 5.41) is 13.6. The Balaban J connectivity index is 1.55. The van der Waals surface area contributed by atoms with Crippen LogP contribution in [0.15, 0.2) is 12.4 Å². The number of aliphatic hydroxyl groups is 1. The summed E-state index contributed by atoms with van der Waals surface area (Å²) in [5.41, 5.74) is 1.12. The van der Waals surface area contributed by atoms with Crippen molar-refractivity contribution in [3.05, 3.63) is 18.0 Å². The molecule has 2 aliphatic rings. The summed E-state index contributed by atoms with van der Waals surface area (Å²) in [6.07, 6.45) is 7.19. The van der Waals surface area contributed by atoms with Gasteiger partial charge in [-0.1, -0.05) is 0 Å². The Morgan fingerprint density at radius 3 is 2.70 bits per heavy atom. The summed E-state index contributed by atoms with van der Waals surface area (Å²) in [7, 11) is 2.18. The van der Waals surface area contributed by atoms with Gasteiger partial charge in [0.05, 0.1) is 6.20 Å². The number of likely N-dealkylation sites (N-methyl/N-ethyl adjacent to an activating group) is 1. The molecular weight excluding hydrogens is 342 g/mol. The highest BCUT2D eigenvalue weighted by Gasteiger charge is 2.35. The van der Waals surface area contributed by atoms with E-state index in [0.717, 1.165) is 64.1 Å². The molecule has 0 bridgehead atoms. The molecular formula is C20H35N5O2. The maximum Gasteiger partial charge on any atom is 0.224 e. The van der Waals surface area contributed by atoms with E-state index < -0.39 is 0 Å². The molecule has 2 aliphatic heterocycles. The third-order valence-corrected chi connectivity index (χ3v) is 6.10. The molecule has 7 nitrogen and oxygen atoms in total. The molecule has 2 saturated heterocycles. The van der Waals surface area contributed by atoms with Crippen LogP contribution in [-0.4, -0.2) is 94.5 Å². The maximum atomic E-state index is 12.7. The Bertz CT molecular complexity index is 597. The van der Waals surface area contributed by atoms with Crippen molar-refractivity contribution in [2.75, 3.05) is 52.9 Å². The van der Waals surface area contributed by atoms with Crippen LogP contribution in [0.2, 0.25) is 0 Å². The standard InChI is InChI=1S/C20H35N5O2/c1-17-14-21-25(15-17)8-6-20(27)24-7-5-19(18(16-24)4-3-13-26)23-11-9-22(2)10-12-23/h14-15,18-19,26H,3-13,16H2,1-2H3/t18-,19+/m1/s1. The fourth-order valence-electron chi connectivity index (χ4n) is 4.48. The molecule has 2 atom stereocenters. The molecule has 3 heterocycles. The van der Waals surface area contributed by atoms with Gasteiger partial charge in [-0.25, -0.2) is 0 Å². The van der Waals surface area contributed by atoms with Crippen LogP contribution in [-0.2, 0) is 11.3 Å². The highest BCUT2D eigenvalue weighted by Crippen LogP contribution is 2.27. The summed E-state index contributed by atoms with van der Waals surface area (Å²) in [5.74, 6) is 0.694. The van der Waals surface area contributed by atoms with Crippen molar-refractivity contribution in [1.29, 1.82) is 0 Å². The number of rotatable bonds is 7. The Morgan fingerprint density at radius 1 is 1.26 bits per heavy atom. The van der Waals surface area contributed by atoms with Gasteiger partial charge >= 0.3 is 0 Å². The molecule has 1 amide bonds. The van der Waals surface area contributed by atoms with Gasteiger partial charge < -0.3 is 14.9 Å². The molecule has 1 aromatic heterocycles. The van der Waals surface area contributed by atoms with E-state index in [-0.39, 0.29) is 12.5 Å². The van der Waals surface area contributed by atoms with E-state index in [1.165, 1.54) is 0 Å². The van der Waals surface area contributed by atoms with Gasteiger partial charge in [0.15, 0.2) is 0 Å². The zero-order valence-electron chi connectivity index (χ0n) is 16.9. The first-order valence-electron chi connectivity index (χ1n) is 10.4. The highest BCUT2D eigenvalue weighted by atomic mass is 16.3. The van der Waals surface area contributed by atoms with Crippen LogP contribution in [0.25, 0.3) is 0 Å². The lowest BCUT2D eigenvalue weighted by atomic mass is 9.86. The second-order valence-corrected chi connectivity index (χ2v) is 8.19. The van der Waals surface area contributed by atoms with E-state index in [4.69, 9.17) is 0 Å². The molecule has 1 aromatic rings. The van der Waals surface area contributed by atoms with Crippen LogP contribution in [0.5, 0.6) is 0 Å². The predicted molar refractivity (Wildman–Crippen MR) is 105 cm³/mol. The Hall–Kier alpha value is -1.44. The van der Waals surface area contributed by atoms with Crippen molar-refractivity contribution in [3.63, 3.8) is 0 Å². The number of aryl methyl sites for hydroxylation is 2. The van der Waals surface area contributed by atoms with Crippen LogP contribution in [0.3, 0.4) is 0 Å². The highest BCUT2D eigenvalue weighted by molar-refractivity contribution is 5.76. The number of piperidine rings is 1. The molecule has 152 valence electrons. The number of hydrogen-bond acceptors (Lipinski definition) is 5. The van der Waals surface area contributed by atoms with Crippen LogP contribution in [0.4, 0.5) is 0 Å². The van der Waals surface area contributed by atoms with Crippen LogP contribution < -0.4 is 0 Å². The van der Waals surface area contributed by atoms with Crippen molar-refractivity contribution in [2.45, 2.75) is 45.2 Å². The second kappa shape index (κ2) is 9.66. The van der Waals surface area contributed by atoms with Crippen molar-refractivity contribution in [1.82, 2.24) is 24.5 Å². The normalized spacial score (nSPS) is 25.1. The number of piperazine rings is 1. The third-order valence-electron chi connectivity index (χ3n) is 6.10. The SMILES string of the molecule is Cc1cnn(CCC(=O)N2CC[C@H](N3CCN(C)CC3)[C@H](CCCO)C2)c1. The van der Waals surface area contributed by atoms with E-state index in [9.17, 15) is 9.90 Å². The number of aromatic nitrogens is 2. The summed E-state index contributed by atoms with van der Waals surface area (Å²) in [4.78, 5) is 19.8. The lowest BCUT2D eigenvalue weighted by Gasteiger charge is -2.46. The van der Waals surface area contributed by atoms with E-state index in [1.54, 1.807) is 0 Å². The lowest BCUT2D eigenvalue weighted by molar-refractivity contribution is -0.134. The fourth-order valence-corrected chi connectivity index (χ4v) is 4.48. The molecule has 27 heavy (non-hydrogen) atoms. The third kappa shape index (κ3) is 5.53. The number of likely N-dealkylation sites (tertiary alicyclic amines) is 1. The molecule has 3 rings (SSSR count). The van der Waals surface area contributed by atoms with Gasteiger partial charge in [0.25, 0.3) is 0 Å². The zero-order chi connectivity index (χ0) is 19.2. The lowest BCUT2D eigenvalue weighted by Crippen LogP contribution is -2.57. The van der Waals surface area contributed by atoms with Crippen LogP contribution in [0.1, 0.15) is 31.2 Å². The van der Waals surface area contributed by atoms with Gasteiger partial charge in [-0.15, -0.1) is 0 Å². The van der Waals surface area contributed by atoms with Crippen molar-refractivity contribution < 1.29 is 9.90 Å². The largest absolute Gasteiger partial charge is 0.396 e. The molecule has 0 aromatic carbocycles. The Kier molecular flexibility index (Phi) is 7.26. The number of aliphatic hydroxyl groups excluding tert-OH is 1. The fraction of sp³-hybridized carbons (Fsp3) is 0.800. The number of nitrogens with zero attached hydrogens (tertiary/aromatic N) is 5. The van der Waals surface area contributed by atoms with E-state index >= 15 is 0 Å². The average molecular weight is 378 g/mol. The zero-order valence-corrected chi connectivity index (χ0v) is 16.9. The molecule has 0 aliphatic carbocycles. The van der Waals surface area contributed by atoms with Crippen LogP contribution >= 0.6 is 0 Å². The first kappa shape index (κ1) is 20.3.